The topological polar surface area (TPSA) is 107 Å². The number of nitriles is 1. The Hall–Kier alpha value is -4.25. The molecule has 8 heteroatoms. The Labute approximate surface area is 152 Å². The van der Waals surface area contributed by atoms with Crippen molar-refractivity contribution >= 4 is 16.6 Å². The van der Waals surface area contributed by atoms with Gasteiger partial charge in [0.25, 0.3) is 11.2 Å². The number of benzene rings is 2. The molecule has 0 unspecified atom stereocenters. The minimum absolute atomic E-state index is 0.00349. The van der Waals surface area contributed by atoms with Crippen LogP contribution in [0.4, 0.5) is 5.69 Å². The Balaban J connectivity index is 2.02. The molecule has 4 aromatic rings. The van der Waals surface area contributed by atoms with E-state index in [9.17, 15) is 20.2 Å². The fraction of sp³-hybridized carbons (Fsp3) is 0. The lowest BCUT2D eigenvalue weighted by molar-refractivity contribution is -0.384. The summed E-state index contributed by atoms with van der Waals surface area (Å²) in [7, 11) is 0. The van der Waals surface area contributed by atoms with Crippen molar-refractivity contribution in [3.05, 3.63) is 93.3 Å². The fourth-order valence-corrected chi connectivity index (χ4v) is 2.93. The molecule has 130 valence electrons. The standard InChI is InChI=1S/C19H11N5O3/c20-11-14-9-13-1-2-17(22-8-7-21-12-22)10-18(13)23(19(14)25)15-3-5-16(6-4-15)24(26)27/h1-10,12H. The molecule has 27 heavy (non-hydrogen) atoms. The lowest BCUT2D eigenvalue weighted by Gasteiger charge is -2.13. The highest BCUT2D eigenvalue weighted by atomic mass is 16.6. The van der Waals surface area contributed by atoms with Crippen molar-refractivity contribution in [2.24, 2.45) is 0 Å². The largest absolute Gasteiger partial charge is 0.306 e. The van der Waals surface area contributed by atoms with Crippen LogP contribution in [0, 0.1) is 21.4 Å². The molecule has 0 atom stereocenters. The van der Waals surface area contributed by atoms with E-state index >= 15 is 0 Å². The SMILES string of the molecule is N#Cc1cc2ccc(-n3ccnc3)cc2n(-c2ccc([N+](=O)[O-])cc2)c1=O. The summed E-state index contributed by atoms with van der Waals surface area (Å²) >= 11 is 0. The van der Waals surface area contributed by atoms with E-state index < -0.39 is 10.5 Å². The number of nitro benzene ring substituents is 1. The summed E-state index contributed by atoms with van der Waals surface area (Å²) in [4.78, 5) is 27.2. The number of non-ortho nitro benzene ring substituents is 1. The zero-order valence-electron chi connectivity index (χ0n) is 13.8. The number of hydrogen-bond acceptors (Lipinski definition) is 5. The van der Waals surface area contributed by atoms with Crippen LogP contribution in [0.25, 0.3) is 22.3 Å². The quantitative estimate of drug-likeness (QED) is 0.414. The Morgan fingerprint density at radius 2 is 1.81 bits per heavy atom. The number of pyridine rings is 1. The normalized spacial score (nSPS) is 10.6. The fourth-order valence-electron chi connectivity index (χ4n) is 2.93. The van der Waals surface area contributed by atoms with Crippen molar-refractivity contribution in [2.75, 3.05) is 0 Å². The third-order valence-corrected chi connectivity index (χ3v) is 4.23. The summed E-state index contributed by atoms with van der Waals surface area (Å²) in [6.07, 6.45) is 5.06. The molecule has 0 spiro atoms. The Morgan fingerprint density at radius 1 is 1.07 bits per heavy atom. The maximum absolute atomic E-state index is 12.8. The third-order valence-electron chi connectivity index (χ3n) is 4.23. The van der Waals surface area contributed by atoms with E-state index in [1.807, 2.05) is 18.2 Å². The van der Waals surface area contributed by atoms with Crippen LogP contribution in [0.1, 0.15) is 5.56 Å². The van der Waals surface area contributed by atoms with Crippen LogP contribution in [0.3, 0.4) is 0 Å². The van der Waals surface area contributed by atoms with Gasteiger partial charge < -0.3 is 4.57 Å². The summed E-state index contributed by atoms with van der Waals surface area (Å²) in [5.74, 6) is 0. The van der Waals surface area contributed by atoms with Gasteiger partial charge in [-0.05, 0) is 30.3 Å². The van der Waals surface area contributed by atoms with E-state index in [0.717, 1.165) is 5.69 Å². The molecule has 0 aliphatic rings. The van der Waals surface area contributed by atoms with E-state index in [1.165, 1.54) is 34.9 Å². The number of hydrogen-bond donors (Lipinski definition) is 0. The first-order valence-electron chi connectivity index (χ1n) is 7.91. The van der Waals surface area contributed by atoms with E-state index in [4.69, 9.17) is 0 Å². The predicted octanol–water partition coefficient (Wildman–Crippen LogP) is 2.96. The van der Waals surface area contributed by atoms with Crippen molar-refractivity contribution in [3.8, 4) is 17.4 Å². The smallest absolute Gasteiger partial charge is 0.273 e. The summed E-state index contributed by atoms with van der Waals surface area (Å²) in [6.45, 7) is 0. The molecule has 0 amide bonds. The number of nitrogens with zero attached hydrogens (tertiary/aromatic N) is 5. The van der Waals surface area contributed by atoms with Crippen molar-refractivity contribution < 1.29 is 4.92 Å². The van der Waals surface area contributed by atoms with Gasteiger partial charge >= 0.3 is 0 Å². The van der Waals surface area contributed by atoms with Gasteiger partial charge in [0.1, 0.15) is 11.6 Å². The average molecular weight is 357 g/mol. The molecule has 0 saturated carbocycles. The predicted molar refractivity (Wildman–Crippen MR) is 98.0 cm³/mol. The molecule has 0 fully saturated rings. The Morgan fingerprint density at radius 3 is 2.44 bits per heavy atom. The number of aromatic nitrogens is 3. The summed E-state index contributed by atoms with van der Waals surface area (Å²) in [6, 6.07) is 14.6. The maximum atomic E-state index is 12.8. The lowest BCUT2D eigenvalue weighted by Crippen LogP contribution is -2.21. The molecule has 0 bridgehead atoms. The van der Waals surface area contributed by atoms with Gasteiger partial charge in [-0.2, -0.15) is 5.26 Å². The van der Waals surface area contributed by atoms with Crippen molar-refractivity contribution in [1.29, 1.82) is 5.26 Å². The molecule has 0 aliphatic heterocycles. The number of imidazole rings is 1. The van der Waals surface area contributed by atoms with Crippen LogP contribution >= 0.6 is 0 Å². The Bertz CT molecular complexity index is 1270. The van der Waals surface area contributed by atoms with Crippen molar-refractivity contribution in [3.63, 3.8) is 0 Å². The highest BCUT2D eigenvalue weighted by Crippen LogP contribution is 2.22. The number of nitro groups is 1. The van der Waals surface area contributed by atoms with E-state index in [0.29, 0.717) is 16.6 Å². The monoisotopic (exact) mass is 357 g/mol. The van der Waals surface area contributed by atoms with Crippen LogP contribution < -0.4 is 5.56 Å². The highest BCUT2D eigenvalue weighted by Gasteiger charge is 2.13. The second-order valence-corrected chi connectivity index (χ2v) is 5.80. The number of rotatable bonds is 3. The average Bonchev–Trinajstić information content (AvgIpc) is 3.22. The Kier molecular flexibility index (Phi) is 3.75. The van der Waals surface area contributed by atoms with Crippen LogP contribution in [-0.4, -0.2) is 19.0 Å². The van der Waals surface area contributed by atoms with E-state index in [2.05, 4.69) is 4.98 Å². The van der Waals surface area contributed by atoms with Crippen molar-refractivity contribution in [2.45, 2.75) is 0 Å². The molecule has 2 aromatic carbocycles. The molecular formula is C19H11N5O3. The van der Waals surface area contributed by atoms with Gasteiger partial charge in [-0.25, -0.2) is 4.98 Å². The molecule has 0 saturated heterocycles. The zero-order chi connectivity index (χ0) is 19.0. The van der Waals surface area contributed by atoms with Gasteiger partial charge in [0.15, 0.2) is 0 Å². The first-order chi connectivity index (χ1) is 13.1. The lowest BCUT2D eigenvalue weighted by atomic mass is 10.1. The van der Waals surface area contributed by atoms with Crippen LogP contribution in [-0.2, 0) is 0 Å². The molecule has 2 heterocycles. The summed E-state index contributed by atoms with van der Waals surface area (Å²) in [5, 5.41) is 20.9. The molecule has 8 nitrogen and oxygen atoms in total. The zero-order valence-corrected chi connectivity index (χ0v) is 13.8. The van der Waals surface area contributed by atoms with Gasteiger partial charge in [0.05, 0.1) is 16.8 Å². The molecule has 0 aliphatic carbocycles. The van der Waals surface area contributed by atoms with Crippen LogP contribution in [0.2, 0.25) is 0 Å². The second kappa shape index (κ2) is 6.24. The molecule has 0 radical (unpaired) electrons. The van der Waals surface area contributed by atoms with Crippen molar-refractivity contribution in [1.82, 2.24) is 14.1 Å². The van der Waals surface area contributed by atoms with Crippen LogP contribution in [0.15, 0.2) is 72.0 Å². The van der Waals surface area contributed by atoms with E-state index in [1.54, 1.807) is 29.4 Å². The highest BCUT2D eigenvalue weighted by molar-refractivity contribution is 5.84. The van der Waals surface area contributed by atoms with Gasteiger partial charge in [-0.15, -0.1) is 0 Å². The molecule has 0 N–H and O–H groups in total. The molecule has 4 rings (SSSR count). The first-order valence-corrected chi connectivity index (χ1v) is 7.91. The van der Waals surface area contributed by atoms with Crippen LogP contribution in [0.5, 0.6) is 0 Å². The molecule has 2 aromatic heterocycles. The number of fused-ring (bicyclic) bond motifs is 1. The van der Waals surface area contributed by atoms with Gasteiger partial charge in [0.2, 0.25) is 0 Å². The van der Waals surface area contributed by atoms with Gasteiger partial charge in [0, 0.05) is 41.3 Å². The molecular weight excluding hydrogens is 346 g/mol. The second-order valence-electron chi connectivity index (χ2n) is 5.80. The minimum atomic E-state index is -0.506. The van der Waals surface area contributed by atoms with E-state index in [-0.39, 0.29) is 11.3 Å². The minimum Gasteiger partial charge on any atom is -0.306 e. The summed E-state index contributed by atoms with van der Waals surface area (Å²) < 4.78 is 3.18. The summed E-state index contributed by atoms with van der Waals surface area (Å²) in [5.41, 5.74) is 1.25. The maximum Gasteiger partial charge on any atom is 0.273 e. The van der Waals surface area contributed by atoms with Gasteiger partial charge in [-0.3, -0.25) is 19.5 Å². The van der Waals surface area contributed by atoms with Gasteiger partial charge in [-0.1, -0.05) is 6.07 Å². The first kappa shape index (κ1) is 16.2. The third kappa shape index (κ3) is 2.73.